The fourth-order valence-corrected chi connectivity index (χ4v) is 3.62. The number of likely N-dealkylation sites (tertiary alicyclic amines) is 1. The Morgan fingerprint density at radius 2 is 2.10 bits per heavy atom. The normalized spacial score (nSPS) is 20.1. The van der Waals surface area contributed by atoms with Crippen molar-refractivity contribution in [3.63, 3.8) is 0 Å². The van der Waals surface area contributed by atoms with Gasteiger partial charge in [-0.15, -0.1) is 0 Å². The lowest BCUT2D eigenvalue weighted by atomic mass is 10.1. The van der Waals surface area contributed by atoms with Gasteiger partial charge < -0.3 is 9.80 Å². The van der Waals surface area contributed by atoms with Gasteiger partial charge >= 0.3 is 0 Å². The Bertz CT molecular complexity index is 498. The van der Waals surface area contributed by atoms with E-state index in [9.17, 15) is 4.79 Å². The minimum absolute atomic E-state index is 0.0319. The summed E-state index contributed by atoms with van der Waals surface area (Å²) in [7, 11) is 4.22. The molecule has 0 saturated carbocycles. The molecule has 2 heterocycles. The van der Waals surface area contributed by atoms with Crippen molar-refractivity contribution in [1.82, 2.24) is 20.0 Å². The smallest absolute Gasteiger partial charge is 0.275 e. The van der Waals surface area contributed by atoms with Gasteiger partial charge in [0.15, 0.2) is 5.69 Å². The van der Waals surface area contributed by atoms with Gasteiger partial charge in [-0.25, -0.2) is 0 Å². The number of hydrogen-bond donors (Lipinski definition) is 1. The second kappa shape index (κ2) is 6.92. The zero-order valence-electron chi connectivity index (χ0n) is 13.3. The van der Waals surface area contributed by atoms with Crippen LogP contribution in [0.3, 0.4) is 0 Å². The predicted octanol–water partition coefficient (Wildman–Crippen LogP) is 2.85. The zero-order valence-corrected chi connectivity index (χ0v) is 14.9. The number of amides is 1. The first kappa shape index (κ1) is 16.5. The maximum atomic E-state index is 12.7. The van der Waals surface area contributed by atoms with Gasteiger partial charge in [0, 0.05) is 19.1 Å². The van der Waals surface area contributed by atoms with E-state index in [-0.39, 0.29) is 5.91 Å². The molecule has 1 aromatic heterocycles. The summed E-state index contributed by atoms with van der Waals surface area (Å²) in [6, 6.07) is 0.566. The highest BCUT2D eigenvalue weighted by atomic mass is 79.9. The maximum absolute atomic E-state index is 12.7. The van der Waals surface area contributed by atoms with E-state index >= 15 is 0 Å². The molecule has 118 valence electrons. The molecule has 21 heavy (non-hydrogen) atoms. The molecule has 1 aliphatic heterocycles. The van der Waals surface area contributed by atoms with Crippen molar-refractivity contribution in [2.75, 3.05) is 27.2 Å². The molecule has 1 unspecified atom stereocenters. The minimum atomic E-state index is 0.0319. The number of rotatable bonds is 3. The third-order valence-electron chi connectivity index (χ3n) is 4.23. The van der Waals surface area contributed by atoms with Gasteiger partial charge in [-0.1, -0.05) is 13.8 Å². The van der Waals surface area contributed by atoms with Gasteiger partial charge in [0.1, 0.15) is 0 Å². The van der Waals surface area contributed by atoms with Crippen LogP contribution in [0, 0.1) is 0 Å². The van der Waals surface area contributed by atoms with Crippen LogP contribution >= 0.6 is 15.9 Å². The van der Waals surface area contributed by atoms with E-state index in [0.717, 1.165) is 42.5 Å². The number of aromatic amines is 1. The topological polar surface area (TPSA) is 52.2 Å². The Labute approximate surface area is 135 Å². The lowest BCUT2D eigenvalue weighted by molar-refractivity contribution is 0.0751. The third kappa shape index (κ3) is 3.66. The molecule has 1 aromatic rings. The minimum Gasteiger partial charge on any atom is -0.337 e. The van der Waals surface area contributed by atoms with E-state index in [4.69, 9.17) is 0 Å². The molecule has 0 bridgehead atoms. The average Bonchev–Trinajstić information content (AvgIpc) is 2.66. The van der Waals surface area contributed by atoms with E-state index in [1.54, 1.807) is 0 Å². The molecular weight excluding hydrogens is 332 g/mol. The molecule has 0 aliphatic carbocycles. The second-order valence-electron chi connectivity index (χ2n) is 6.30. The molecule has 1 saturated heterocycles. The summed E-state index contributed by atoms with van der Waals surface area (Å²) in [6.07, 6.45) is 3.22. The third-order valence-corrected chi connectivity index (χ3v) is 5.03. The van der Waals surface area contributed by atoms with Crippen molar-refractivity contribution < 1.29 is 4.79 Å². The van der Waals surface area contributed by atoms with Gasteiger partial charge in [0.2, 0.25) is 0 Å². The molecule has 2 rings (SSSR count). The number of halogens is 1. The van der Waals surface area contributed by atoms with Crippen LogP contribution in [-0.4, -0.2) is 59.1 Å². The van der Waals surface area contributed by atoms with Crippen LogP contribution < -0.4 is 0 Å². The van der Waals surface area contributed by atoms with Crippen molar-refractivity contribution in [3.05, 3.63) is 15.9 Å². The Hall–Kier alpha value is -0.880. The monoisotopic (exact) mass is 356 g/mol. The molecule has 5 nitrogen and oxygen atoms in total. The van der Waals surface area contributed by atoms with Crippen molar-refractivity contribution in [2.24, 2.45) is 0 Å². The number of aromatic nitrogens is 2. The van der Waals surface area contributed by atoms with Crippen LogP contribution in [0.1, 0.15) is 55.2 Å². The second-order valence-corrected chi connectivity index (χ2v) is 7.09. The lowest BCUT2D eigenvalue weighted by Gasteiger charge is -2.23. The number of nitrogens with zero attached hydrogens (tertiary/aromatic N) is 3. The first-order chi connectivity index (χ1) is 9.91. The van der Waals surface area contributed by atoms with Crippen molar-refractivity contribution in [1.29, 1.82) is 0 Å². The summed E-state index contributed by atoms with van der Waals surface area (Å²) >= 11 is 3.52. The number of H-pyrrole nitrogens is 1. The van der Waals surface area contributed by atoms with E-state index in [1.165, 1.54) is 0 Å². The highest BCUT2D eigenvalue weighted by Gasteiger charge is 2.26. The number of carbonyl (C=O) groups excluding carboxylic acids is 1. The Kier molecular flexibility index (Phi) is 5.43. The quantitative estimate of drug-likeness (QED) is 0.905. The Morgan fingerprint density at radius 3 is 2.67 bits per heavy atom. The summed E-state index contributed by atoms with van der Waals surface area (Å²) in [5.74, 6) is 0.347. The Balaban J connectivity index is 2.10. The maximum Gasteiger partial charge on any atom is 0.275 e. The standard InChI is InChI=1S/C15H25BrN4O/c1-10(2)13-12(16)14(18-17-13)15(21)20-8-5-6-11(7-9-20)19(3)4/h10-11H,5-9H2,1-4H3,(H,17,18). The molecule has 1 amide bonds. The van der Waals surface area contributed by atoms with Crippen LogP contribution in [0.5, 0.6) is 0 Å². The fraction of sp³-hybridized carbons (Fsp3) is 0.733. The molecular formula is C15H25BrN4O. The molecule has 1 atom stereocenters. The lowest BCUT2D eigenvalue weighted by Crippen LogP contribution is -2.34. The number of nitrogens with one attached hydrogen (secondary N) is 1. The molecule has 1 aliphatic rings. The van der Waals surface area contributed by atoms with E-state index in [0.29, 0.717) is 17.7 Å². The average molecular weight is 357 g/mol. The first-order valence-electron chi connectivity index (χ1n) is 7.61. The van der Waals surface area contributed by atoms with E-state index in [2.05, 4.69) is 59.0 Å². The number of hydrogen-bond acceptors (Lipinski definition) is 3. The van der Waals surface area contributed by atoms with Crippen LogP contribution in [0.25, 0.3) is 0 Å². The molecule has 0 spiro atoms. The van der Waals surface area contributed by atoms with Crippen molar-refractivity contribution >= 4 is 21.8 Å². The summed E-state index contributed by atoms with van der Waals surface area (Å²) < 4.78 is 0.816. The largest absolute Gasteiger partial charge is 0.337 e. The summed E-state index contributed by atoms with van der Waals surface area (Å²) in [5.41, 5.74) is 1.50. The summed E-state index contributed by atoms with van der Waals surface area (Å²) in [6.45, 7) is 5.79. The predicted molar refractivity (Wildman–Crippen MR) is 87.6 cm³/mol. The van der Waals surface area contributed by atoms with Gasteiger partial charge in [0.05, 0.1) is 10.2 Å². The molecule has 1 fully saturated rings. The van der Waals surface area contributed by atoms with Gasteiger partial charge in [-0.3, -0.25) is 9.89 Å². The van der Waals surface area contributed by atoms with Gasteiger partial charge in [0.25, 0.3) is 5.91 Å². The highest BCUT2D eigenvalue weighted by molar-refractivity contribution is 9.10. The van der Waals surface area contributed by atoms with E-state index < -0.39 is 0 Å². The fourth-order valence-electron chi connectivity index (χ4n) is 2.81. The first-order valence-corrected chi connectivity index (χ1v) is 8.40. The molecule has 0 radical (unpaired) electrons. The van der Waals surface area contributed by atoms with Crippen LogP contribution in [0.15, 0.2) is 4.47 Å². The number of carbonyl (C=O) groups is 1. The SMILES string of the molecule is CC(C)c1[nH]nc(C(=O)N2CCCC(N(C)C)CC2)c1Br. The highest BCUT2D eigenvalue weighted by Crippen LogP contribution is 2.27. The van der Waals surface area contributed by atoms with Crippen LogP contribution in [0.4, 0.5) is 0 Å². The zero-order chi connectivity index (χ0) is 15.6. The van der Waals surface area contributed by atoms with Crippen molar-refractivity contribution in [3.8, 4) is 0 Å². The summed E-state index contributed by atoms with van der Waals surface area (Å²) in [5, 5.41) is 7.21. The Morgan fingerprint density at radius 1 is 1.38 bits per heavy atom. The van der Waals surface area contributed by atoms with Gasteiger partial charge in [-0.2, -0.15) is 5.10 Å². The molecule has 6 heteroatoms. The van der Waals surface area contributed by atoms with Crippen molar-refractivity contribution in [2.45, 2.75) is 45.1 Å². The van der Waals surface area contributed by atoms with Gasteiger partial charge in [-0.05, 0) is 55.2 Å². The van der Waals surface area contributed by atoms with Crippen LogP contribution in [0.2, 0.25) is 0 Å². The molecule has 0 aromatic carbocycles. The summed E-state index contributed by atoms with van der Waals surface area (Å²) in [4.78, 5) is 16.9. The van der Waals surface area contributed by atoms with E-state index in [1.807, 2.05) is 4.90 Å². The molecule has 1 N–H and O–H groups in total. The van der Waals surface area contributed by atoms with Crippen LogP contribution in [-0.2, 0) is 0 Å².